The highest BCUT2D eigenvalue weighted by Crippen LogP contribution is 2.34. The fraction of sp³-hybridized carbons (Fsp3) is 0.0417. The van der Waals surface area contributed by atoms with E-state index in [9.17, 15) is 44.7 Å². The van der Waals surface area contributed by atoms with Crippen LogP contribution in [0.1, 0.15) is 21.5 Å². The summed E-state index contributed by atoms with van der Waals surface area (Å²) in [4.78, 5) is 69.6. The molecule has 0 radical (unpaired) electrons. The van der Waals surface area contributed by atoms with Crippen LogP contribution in [0.15, 0.2) is 71.6 Å². The quantitative estimate of drug-likeness (QED) is 0.122. The molecule has 2 amide bonds. The number of amides is 2. The van der Waals surface area contributed by atoms with Gasteiger partial charge in [0, 0.05) is 23.8 Å². The van der Waals surface area contributed by atoms with Crippen molar-refractivity contribution in [1.29, 1.82) is 0 Å². The molecule has 0 N–H and O–H groups in total. The van der Waals surface area contributed by atoms with Gasteiger partial charge in [-0.3, -0.25) is 44.8 Å². The normalized spacial score (nSPS) is 13.9. The van der Waals surface area contributed by atoms with Crippen LogP contribution in [-0.4, -0.2) is 36.8 Å². The lowest BCUT2D eigenvalue weighted by Gasteiger charge is -2.12. The third-order valence-electron chi connectivity index (χ3n) is 5.34. The predicted molar refractivity (Wildman–Crippen MR) is 136 cm³/mol. The monoisotopic (exact) mass is 550 g/mol. The second-order valence-corrected chi connectivity index (χ2v) is 8.86. The van der Waals surface area contributed by atoms with E-state index >= 15 is 0 Å². The first kappa shape index (κ1) is 26.6. The third-order valence-corrected chi connectivity index (χ3v) is 6.25. The van der Waals surface area contributed by atoms with E-state index < -0.39 is 48.8 Å². The maximum absolute atomic E-state index is 12.8. The van der Waals surface area contributed by atoms with Crippen molar-refractivity contribution < 1.29 is 33.9 Å². The molecule has 14 nitrogen and oxygen atoms in total. The third kappa shape index (κ3) is 5.94. The van der Waals surface area contributed by atoms with Gasteiger partial charge in [-0.25, -0.2) is 4.79 Å². The Kier molecular flexibility index (Phi) is 7.44. The minimum atomic E-state index is -1.06. The zero-order chi connectivity index (χ0) is 28.3. The molecule has 1 saturated heterocycles. The molecule has 1 fully saturated rings. The number of rotatable bonds is 8. The summed E-state index contributed by atoms with van der Waals surface area (Å²) in [6.07, 6.45) is 1.42. The molecule has 15 heteroatoms. The number of thioether (sulfide) groups is 1. The largest absolute Gasteiger partial charge is 0.423 e. The number of hydrogen-bond acceptors (Lipinski definition) is 11. The van der Waals surface area contributed by atoms with E-state index in [0.29, 0.717) is 23.4 Å². The molecule has 196 valence electrons. The highest BCUT2D eigenvalue weighted by Gasteiger charge is 2.36. The van der Waals surface area contributed by atoms with Crippen LogP contribution in [0.3, 0.4) is 0 Å². The minimum absolute atomic E-state index is 0.0100. The smallest absolute Gasteiger partial charge is 0.344 e. The molecule has 39 heavy (non-hydrogen) atoms. The fourth-order valence-corrected chi connectivity index (χ4v) is 4.34. The van der Waals surface area contributed by atoms with Crippen LogP contribution >= 0.6 is 11.8 Å². The first-order chi connectivity index (χ1) is 18.5. The minimum Gasteiger partial charge on any atom is -0.423 e. The summed E-state index contributed by atoms with van der Waals surface area (Å²) in [5.74, 6) is -1.69. The summed E-state index contributed by atoms with van der Waals surface area (Å²) in [7, 11) is 0. The summed E-state index contributed by atoms with van der Waals surface area (Å²) in [6.45, 7) is -0.274. The molecule has 3 aromatic carbocycles. The standard InChI is InChI=1S/C24H14N4O10S/c29-22-21(39-24(31)25(22)13-15-3-1-2-4-20(15)28(36)37)9-14-5-7-19(8-6-14)38-23(30)16-10-17(26(32)33)12-18(11-16)27(34)35/h1-12H,13H2/b21-9-. The Labute approximate surface area is 221 Å². The summed E-state index contributed by atoms with van der Waals surface area (Å²) < 4.78 is 5.15. The van der Waals surface area contributed by atoms with E-state index in [1.54, 1.807) is 6.07 Å². The zero-order valence-electron chi connectivity index (χ0n) is 19.4. The first-order valence-electron chi connectivity index (χ1n) is 10.8. The fourth-order valence-electron chi connectivity index (χ4n) is 3.50. The second-order valence-electron chi connectivity index (χ2n) is 7.86. The van der Waals surface area contributed by atoms with Crippen LogP contribution in [0.4, 0.5) is 21.9 Å². The number of carbonyl (C=O) groups excluding carboxylic acids is 3. The van der Waals surface area contributed by atoms with Gasteiger partial charge in [0.05, 0.1) is 37.8 Å². The predicted octanol–water partition coefficient (Wildman–Crippen LogP) is 4.87. The topological polar surface area (TPSA) is 193 Å². The van der Waals surface area contributed by atoms with Gasteiger partial charge in [-0.1, -0.05) is 30.3 Å². The number of carbonyl (C=O) groups is 3. The molecule has 3 aromatic rings. The Morgan fingerprint density at radius 1 is 0.872 bits per heavy atom. The van der Waals surface area contributed by atoms with Gasteiger partial charge < -0.3 is 4.74 Å². The molecule has 1 heterocycles. The van der Waals surface area contributed by atoms with E-state index in [2.05, 4.69) is 0 Å². The number of nitro benzene ring substituents is 3. The highest BCUT2D eigenvalue weighted by atomic mass is 32.2. The lowest BCUT2D eigenvalue weighted by molar-refractivity contribution is -0.394. The number of imide groups is 1. The van der Waals surface area contributed by atoms with Crippen molar-refractivity contribution in [2.45, 2.75) is 6.54 Å². The van der Waals surface area contributed by atoms with E-state index in [4.69, 9.17) is 4.74 Å². The average molecular weight is 550 g/mol. The molecule has 1 aliphatic rings. The Morgan fingerprint density at radius 3 is 2.08 bits per heavy atom. The van der Waals surface area contributed by atoms with Gasteiger partial charge in [0.1, 0.15) is 5.75 Å². The van der Waals surface area contributed by atoms with Gasteiger partial charge in [0.2, 0.25) is 0 Å². The highest BCUT2D eigenvalue weighted by molar-refractivity contribution is 8.18. The number of benzene rings is 3. The Balaban J connectivity index is 1.48. The van der Waals surface area contributed by atoms with Gasteiger partial charge in [0.25, 0.3) is 28.2 Å². The van der Waals surface area contributed by atoms with Crippen LogP contribution in [-0.2, 0) is 11.3 Å². The molecule has 1 aliphatic heterocycles. The number of non-ortho nitro benzene ring substituents is 2. The summed E-state index contributed by atoms with van der Waals surface area (Å²) in [5.41, 5.74) is -1.26. The number of esters is 1. The molecule has 0 bridgehead atoms. The van der Waals surface area contributed by atoms with Crippen molar-refractivity contribution in [2.24, 2.45) is 0 Å². The summed E-state index contributed by atoms with van der Waals surface area (Å²) >= 11 is 0.663. The number of para-hydroxylation sites is 1. The van der Waals surface area contributed by atoms with Crippen LogP contribution in [0.2, 0.25) is 0 Å². The van der Waals surface area contributed by atoms with Crippen LogP contribution < -0.4 is 4.74 Å². The van der Waals surface area contributed by atoms with Gasteiger partial charge in [-0.05, 0) is 35.5 Å². The van der Waals surface area contributed by atoms with Gasteiger partial charge in [-0.2, -0.15) is 0 Å². The number of nitrogens with zero attached hydrogens (tertiary/aromatic N) is 4. The van der Waals surface area contributed by atoms with Crippen molar-refractivity contribution >= 4 is 52.0 Å². The first-order valence-corrected chi connectivity index (χ1v) is 11.6. The molecular weight excluding hydrogens is 536 g/mol. The Hall–Kier alpha value is -5.44. The maximum Gasteiger partial charge on any atom is 0.344 e. The van der Waals surface area contributed by atoms with Gasteiger partial charge in [0.15, 0.2) is 0 Å². The van der Waals surface area contributed by atoms with Crippen LogP contribution in [0.25, 0.3) is 6.08 Å². The van der Waals surface area contributed by atoms with Crippen molar-refractivity contribution in [1.82, 2.24) is 4.90 Å². The number of nitro groups is 3. The SMILES string of the molecule is O=C(Oc1ccc(/C=C2\SC(=O)N(Cc3ccccc3[N+](=O)[O-])C2=O)cc1)c1cc([N+](=O)[O-])cc([N+](=O)[O-])c1. The maximum atomic E-state index is 12.8. The lowest BCUT2D eigenvalue weighted by atomic mass is 10.1. The van der Waals surface area contributed by atoms with Crippen molar-refractivity contribution in [2.75, 3.05) is 0 Å². The van der Waals surface area contributed by atoms with Crippen molar-refractivity contribution in [3.05, 3.63) is 119 Å². The van der Waals surface area contributed by atoms with E-state index in [-0.39, 0.29) is 28.5 Å². The summed E-state index contributed by atoms with van der Waals surface area (Å²) in [6, 6.07) is 13.8. The lowest BCUT2D eigenvalue weighted by Crippen LogP contribution is -2.27. The Bertz CT molecular complexity index is 1550. The molecule has 0 unspecified atom stereocenters. The van der Waals surface area contributed by atoms with Crippen molar-refractivity contribution in [3.63, 3.8) is 0 Å². The van der Waals surface area contributed by atoms with Crippen LogP contribution in [0, 0.1) is 30.3 Å². The zero-order valence-corrected chi connectivity index (χ0v) is 20.2. The molecule has 0 spiro atoms. The van der Waals surface area contributed by atoms with E-state index in [0.717, 1.165) is 17.0 Å². The second kappa shape index (κ2) is 10.9. The number of ether oxygens (including phenoxy) is 1. The Morgan fingerprint density at radius 2 is 1.49 bits per heavy atom. The van der Waals surface area contributed by atoms with Crippen molar-refractivity contribution in [3.8, 4) is 5.75 Å². The number of hydrogen-bond donors (Lipinski definition) is 0. The summed E-state index contributed by atoms with van der Waals surface area (Å²) in [5, 5.41) is 32.7. The molecule has 4 rings (SSSR count). The molecular formula is C24H14N4O10S. The average Bonchev–Trinajstić information content (AvgIpc) is 3.16. The van der Waals surface area contributed by atoms with Gasteiger partial charge in [-0.15, -0.1) is 0 Å². The molecule has 0 aliphatic carbocycles. The molecule has 0 saturated carbocycles. The molecule has 0 aromatic heterocycles. The van der Waals surface area contributed by atoms with Crippen LogP contribution in [0.5, 0.6) is 5.75 Å². The van der Waals surface area contributed by atoms with E-state index in [1.807, 2.05) is 0 Å². The molecule has 0 atom stereocenters. The van der Waals surface area contributed by atoms with Gasteiger partial charge >= 0.3 is 5.97 Å². The van der Waals surface area contributed by atoms with E-state index in [1.165, 1.54) is 48.5 Å².